The Balaban J connectivity index is 1.75. The van der Waals surface area contributed by atoms with E-state index in [4.69, 9.17) is 10.2 Å². The zero-order valence-corrected chi connectivity index (χ0v) is 13.6. The third-order valence-electron chi connectivity index (χ3n) is 4.15. The van der Waals surface area contributed by atoms with Crippen LogP contribution < -0.4 is 11.1 Å². The number of hydrogen-bond acceptors (Lipinski definition) is 3. The van der Waals surface area contributed by atoms with Gasteiger partial charge in [0.1, 0.15) is 5.58 Å². The molecule has 5 heteroatoms. The molecule has 0 bridgehead atoms. The van der Waals surface area contributed by atoms with Crippen molar-refractivity contribution in [3.8, 4) is 0 Å². The molecule has 0 aliphatic carbocycles. The van der Waals surface area contributed by atoms with Crippen molar-refractivity contribution < 1.29 is 14.0 Å². The number of fused-ring (bicyclic) bond motifs is 1. The number of primary amides is 1. The van der Waals surface area contributed by atoms with Crippen LogP contribution in [-0.4, -0.2) is 11.8 Å². The molecule has 3 aromatic rings. The lowest BCUT2D eigenvalue weighted by Gasteiger charge is -2.05. The SMILES string of the molecule is Cc1ccc2c(CC(=O)Nc3ccc(C(N)=O)cc3)coc2c1C. The number of anilines is 1. The lowest BCUT2D eigenvalue weighted by atomic mass is 10.0. The molecule has 0 unspecified atom stereocenters. The summed E-state index contributed by atoms with van der Waals surface area (Å²) in [7, 11) is 0. The first-order chi connectivity index (χ1) is 11.5. The molecule has 0 spiro atoms. The molecule has 122 valence electrons. The average Bonchev–Trinajstić information content (AvgIpc) is 2.95. The van der Waals surface area contributed by atoms with Crippen LogP contribution in [0.2, 0.25) is 0 Å². The molecular formula is C19H18N2O3. The van der Waals surface area contributed by atoms with Gasteiger partial charge in [-0.25, -0.2) is 0 Å². The lowest BCUT2D eigenvalue weighted by molar-refractivity contribution is -0.115. The van der Waals surface area contributed by atoms with Crippen LogP contribution in [0.5, 0.6) is 0 Å². The minimum atomic E-state index is -0.497. The normalized spacial score (nSPS) is 10.8. The second-order valence-electron chi connectivity index (χ2n) is 5.81. The van der Waals surface area contributed by atoms with E-state index < -0.39 is 5.91 Å². The highest BCUT2D eigenvalue weighted by atomic mass is 16.3. The molecule has 0 aliphatic rings. The van der Waals surface area contributed by atoms with Crippen molar-refractivity contribution in [1.82, 2.24) is 0 Å². The highest BCUT2D eigenvalue weighted by Gasteiger charge is 2.13. The zero-order chi connectivity index (χ0) is 17.3. The maximum absolute atomic E-state index is 12.2. The molecular weight excluding hydrogens is 304 g/mol. The van der Waals surface area contributed by atoms with Crippen molar-refractivity contribution in [2.45, 2.75) is 20.3 Å². The van der Waals surface area contributed by atoms with E-state index in [9.17, 15) is 9.59 Å². The molecule has 0 radical (unpaired) electrons. The van der Waals surface area contributed by atoms with Crippen molar-refractivity contribution >= 4 is 28.5 Å². The Morgan fingerprint density at radius 1 is 1.08 bits per heavy atom. The summed E-state index contributed by atoms with van der Waals surface area (Å²) in [6.45, 7) is 4.03. The van der Waals surface area contributed by atoms with E-state index in [1.807, 2.05) is 26.0 Å². The van der Waals surface area contributed by atoms with Gasteiger partial charge < -0.3 is 15.5 Å². The Bertz CT molecular complexity index is 924. The number of hydrogen-bond donors (Lipinski definition) is 2. The molecule has 0 aliphatic heterocycles. The number of rotatable bonds is 4. The number of nitrogens with one attached hydrogen (secondary N) is 1. The summed E-state index contributed by atoms with van der Waals surface area (Å²) in [6.07, 6.45) is 1.85. The predicted molar refractivity (Wildman–Crippen MR) is 93.0 cm³/mol. The third-order valence-corrected chi connectivity index (χ3v) is 4.15. The van der Waals surface area contributed by atoms with Gasteiger partial charge in [-0.05, 0) is 49.2 Å². The Morgan fingerprint density at radius 2 is 1.79 bits per heavy atom. The molecule has 2 aromatic carbocycles. The second-order valence-corrected chi connectivity index (χ2v) is 5.81. The Hall–Kier alpha value is -3.08. The molecule has 2 amide bonds. The van der Waals surface area contributed by atoms with Gasteiger partial charge in [-0.2, -0.15) is 0 Å². The molecule has 24 heavy (non-hydrogen) atoms. The summed E-state index contributed by atoms with van der Waals surface area (Å²) < 4.78 is 5.62. The maximum atomic E-state index is 12.2. The van der Waals surface area contributed by atoms with Crippen LogP contribution in [0.1, 0.15) is 27.0 Å². The molecule has 3 rings (SSSR count). The number of amides is 2. The van der Waals surface area contributed by atoms with E-state index >= 15 is 0 Å². The smallest absolute Gasteiger partial charge is 0.248 e. The van der Waals surface area contributed by atoms with Crippen LogP contribution in [-0.2, 0) is 11.2 Å². The molecule has 0 saturated heterocycles. The largest absolute Gasteiger partial charge is 0.464 e. The number of furan rings is 1. The summed E-state index contributed by atoms with van der Waals surface area (Å²) in [5, 5.41) is 3.76. The van der Waals surface area contributed by atoms with Crippen molar-refractivity contribution in [2.75, 3.05) is 5.32 Å². The van der Waals surface area contributed by atoms with E-state index in [-0.39, 0.29) is 12.3 Å². The number of aryl methyl sites for hydroxylation is 2. The molecule has 0 saturated carbocycles. The summed E-state index contributed by atoms with van der Waals surface area (Å²) in [5.74, 6) is -0.647. The fourth-order valence-electron chi connectivity index (χ4n) is 2.62. The minimum absolute atomic E-state index is 0.150. The van der Waals surface area contributed by atoms with Gasteiger partial charge in [-0.3, -0.25) is 9.59 Å². The highest BCUT2D eigenvalue weighted by molar-refractivity contribution is 5.97. The maximum Gasteiger partial charge on any atom is 0.248 e. The minimum Gasteiger partial charge on any atom is -0.464 e. The van der Waals surface area contributed by atoms with Crippen LogP contribution >= 0.6 is 0 Å². The van der Waals surface area contributed by atoms with E-state index in [0.29, 0.717) is 11.3 Å². The predicted octanol–water partition coefficient (Wildman–Crippen LogP) is 3.33. The van der Waals surface area contributed by atoms with Gasteiger partial charge in [0.25, 0.3) is 0 Å². The van der Waals surface area contributed by atoms with Gasteiger partial charge in [0.05, 0.1) is 12.7 Å². The van der Waals surface area contributed by atoms with Crippen LogP contribution in [0.4, 0.5) is 5.69 Å². The first-order valence-electron chi connectivity index (χ1n) is 7.61. The summed E-state index contributed by atoms with van der Waals surface area (Å²) in [6, 6.07) is 10.5. The van der Waals surface area contributed by atoms with E-state index in [1.54, 1.807) is 30.5 Å². The standard InChI is InChI=1S/C19H18N2O3/c1-11-3-8-16-14(10-24-18(16)12(11)2)9-17(22)21-15-6-4-13(5-7-15)19(20)23/h3-8,10H,9H2,1-2H3,(H2,20,23)(H,21,22). The first kappa shape index (κ1) is 15.8. The van der Waals surface area contributed by atoms with Crippen LogP contribution in [0.3, 0.4) is 0 Å². The Kier molecular flexibility index (Phi) is 4.08. The average molecular weight is 322 g/mol. The van der Waals surface area contributed by atoms with Crippen LogP contribution in [0.25, 0.3) is 11.0 Å². The van der Waals surface area contributed by atoms with Gasteiger partial charge in [0, 0.05) is 22.2 Å². The molecule has 5 nitrogen and oxygen atoms in total. The number of carbonyl (C=O) groups excluding carboxylic acids is 2. The fourth-order valence-corrected chi connectivity index (χ4v) is 2.62. The lowest BCUT2D eigenvalue weighted by Crippen LogP contribution is -2.15. The summed E-state index contributed by atoms with van der Waals surface area (Å²) >= 11 is 0. The van der Waals surface area contributed by atoms with E-state index in [2.05, 4.69) is 5.32 Å². The molecule has 0 atom stereocenters. The van der Waals surface area contributed by atoms with Gasteiger partial charge in [-0.15, -0.1) is 0 Å². The van der Waals surface area contributed by atoms with E-state index in [0.717, 1.165) is 27.7 Å². The fraction of sp³-hybridized carbons (Fsp3) is 0.158. The molecule has 1 aromatic heterocycles. The van der Waals surface area contributed by atoms with Crippen molar-refractivity contribution in [2.24, 2.45) is 5.73 Å². The van der Waals surface area contributed by atoms with Crippen molar-refractivity contribution in [1.29, 1.82) is 0 Å². The molecule has 0 fully saturated rings. The molecule has 3 N–H and O–H groups in total. The third kappa shape index (κ3) is 3.01. The highest BCUT2D eigenvalue weighted by Crippen LogP contribution is 2.27. The van der Waals surface area contributed by atoms with Gasteiger partial charge in [-0.1, -0.05) is 12.1 Å². The Morgan fingerprint density at radius 3 is 2.46 bits per heavy atom. The summed E-state index contributed by atoms with van der Waals surface area (Å²) in [4.78, 5) is 23.3. The second kappa shape index (κ2) is 6.20. The zero-order valence-electron chi connectivity index (χ0n) is 13.6. The number of nitrogens with two attached hydrogens (primary N) is 1. The van der Waals surface area contributed by atoms with Gasteiger partial charge in [0.15, 0.2) is 0 Å². The quantitative estimate of drug-likeness (QED) is 0.772. The van der Waals surface area contributed by atoms with Crippen molar-refractivity contribution in [3.05, 3.63) is 64.9 Å². The Labute approximate surface area is 139 Å². The van der Waals surface area contributed by atoms with Crippen molar-refractivity contribution in [3.63, 3.8) is 0 Å². The van der Waals surface area contributed by atoms with E-state index in [1.165, 1.54) is 0 Å². The van der Waals surface area contributed by atoms with Crippen LogP contribution in [0.15, 0.2) is 47.1 Å². The monoisotopic (exact) mass is 322 g/mol. The number of carbonyl (C=O) groups is 2. The topological polar surface area (TPSA) is 85.3 Å². The number of benzene rings is 2. The van der Waals surface area contributed by atoms with Gasteiger partial charge >= 0.3 is 0 Å². The van der Waals surface area contributed by atoms with Gasteiger partial charge in [0.2, 0.25) is 11.8 Å². The first-order valence-corrected chi connectivity index (χ1v) is 7.61. The van der Waals surface area contributed by atoms with Crippen LogP contribution in [0, 0.1) is 13.8 Å². The summed E-state index contributed by atoms with van der Waals surface area (Å²) in [5.41, 5.74) is 10.1. The molecule has 1 heterocycles.